The normalized spacial score (nSPS) is 13.4. The van der Waals surface area contributed by atoms with Gasteiger partial charge >= 0.3 is 0 Å². The van der Waals surface area contributed by atoms with Crippen molar-refractivity contribution in [2.45, 2.75) is 34.2 Å². The molecular weight excluding hydrogens is 454 g/mol. The molecule has 3 aromatic heterocycles. The fraction of sp³-hybridized carbons (Fsp3) is 0.208. The predicted octanol–water partition coefficient (Wildman–Crippen LogP) is 5.50. The molecule has 0 aliphatic carbocycles. The third-order valence-corrected chi connectivity index (χ3v) is 6.94. The number of nitrogens with zero attached hydrogens (tertiary/aromatic N) is 7. The van der Waals surface area contributed by atoms with E-state index < -0.39 is 0 Å². The fourth-order valence-electron chi connectivity index (χ4n) is 3.53. The molecule has 7 nitrogen and oxygen atoms in total. The molecule has 0 radical (unpaired) electrons. The molecular formula is C24H22ClN7S. The van der Waals surface area contributed by atoms with Crippen molar-refractivity contribution in [3.8, 4) is 11.1 Å². The van der Waals surface area contributed by atoms with E-state index in [0.29, 0.717) is 28.8 Å². The SMILES string of the molecule is C=C(/C=C\C(Cl)=C/C)C1=NN(Cc2cccnc2C#N)c2nnc(C)n2-c2sc(C)c(C)c21. The number of aryl methyl sites for hydroxylation is 2. The first-order chi connectivity index (χ1) is 15.8. The van der Waals surface area contributed by atoms with Crippen LogP contribution in [0.5, 0.6) is 0 Å². The van der Waals surface area contributed by atoms with Gasteiger partial charge in [-0.1, -0.05) is 36.4 Å². The first-order valence-electron chi connectivity index (χ1n) is 10.3. The lowest BCUT2D eigenvalue weighted by Gasteiger charge is -2.18. The average molecular weight is 476 g/mol. The zero-order chi connectivity index (χ0) is 23.7. The van der Waals surface area contributed by atoms with E-state index in [1.165, 1.54) is 4.88 Å². The van der Waals surface area contributed by atoms with Crippen molar-refractivity contribution in [1.29, 1.82) is 5.26 Å². The van der Waals surface area contributed by atoms with Crippen molar-refractivity contribution in [3.63, 3.8) is 0 Å². The molecule has 3 aromatic rings. The molecule has 0 saturated heterocycles. The highest BCUT2D eigenvalue weighted by Gasteiger charge is 2.30. The summed E-state index contributed by atoms with van der Waals surface area (Å²) >= 11 is 7.85. The minimum Gasteiger partial charge on any atom is -0.254 e. The Bertz CT molecular complexity index is 1380. The van der Waals surface area contributed by atoms with Crippen molar-refractivity contribution >= 4 is 34.6 Å². The van der Waals surface area contributed by atoms with Crippen molar-refractivity contribution in [3.05, 3.63) is 86.8 Å². The Hall–Kier alpha value is -3.54. The molecule has 0 amide bonds. The maximum atomic E-state index is 9.52. The van der Waals surface area contributed by atoms with Crippen LogP contribution >= 0.6 is 22.9 Å². The number of hydrogen-bond acceptors (Lipinski definition) is 7. The summed E-state index contributed by atoms with van der Waals surface area (Å²) in [5.41, 5.74) is 4.64. The van der Waals surface area contributed by atoms with Gasteiger partial charge in [0.05, 0.1) is 6.54 Å². The third kappa shape index (κ3) is 4.13. The van der Waals surface area contributed by atoms with Gasteiger partial charge in [-0.15, -0.1) is 21.5 Å². The molecule has 0 fully saturated rings. The fourth-order valence-corrected chi connectivity index (χ4v) is 4.80. The van der Waals surface area contributed by atoms with Crippen LogP contribution in [0.2, 0.25) is 0 Å². The van der Waals surface area contributed by atoms with E-state index in [4.69, 9.17) is 16.7 Å². The van der Waals surface area contributed by atoms with Crippen LogP contribution < -0.4 is 5.01 Å². The summed E-state index contributed by atoms with van der Waals surface area (Å²) in [7, 11) is 0. The zero-order valence-electron chi connectivity index (χ0n) is 18.8. The third-order valence-electron chi connectivity index (χ3n) is 5.41. The molecule has 1 aliphatic heterocycles. The number of hydrazone groups is 1. The quantitative estimate of drug-likeness (QED) is 0.455. The number of allylic oxidation sites excluding steroid dienone is 5. The van der Waals surface area contributed by atoms with Crippen LogP contribution in [0.15, 0.2) is 58.8 Å². The molecule has 33 heavy (non-hydrogen) atoms. The number of nitriles is 1. The van der Waals surface area contributed by atoms with Gasteiger partial charge in [-0.05, 0) is 51.0 Å². The summed E-state index contributed by atoms with van der Waals surface area (Å²) in [5, 5.41) is 26.6. The molecule has 0 saturated carbocycles. The largest absolute Gasteiger partial charge is 0.254 e. The van der Waals surface area contributed by atoms with Gasteiger partial charge in [0.15, 0.2) is 0 Å². The molecule has 4 rings (SSSR count). The molecule has 0 aromatic carbocycles. The topological polar surface area (TPSA) is 83.0 Å². The highest BCUT2D eigenvalue weighted by Crippen LogP contribution is 2.38. The van der Waals surface area contributed by atoms with Crippen molar-refractivity contribution in [2.75, 3.05) is 5.01 Å². The molecule has 166 valence electrons. The average Bonchev–Trinajstić information content (AvgIpc) is 3.29. The van der Waals surface area contributed by atoms with Gasteiger partial charge in [-0.2, -0.15) is 10.4 Å². The second-order valence-electron chi connectivity index (χ2n) is 7.51. The summed E-state index contributed by atoms with van der Waals surface area (Å²) in [6, 6.07) is 5.83. The number of fused-ring (bicyclic) bond motifs is 3. The number of aromatic nitrogens is 4. The second kappa shape index (κ2) is 9.14. The van der Waals surface area contributed by atoms with Crippen molar-refractivity contribution in [1.82, 2.24) is 19.7 Å². The Labute approximate surface area is 201 Å². The van der Waals surface area contributed by atoms with E-state index >= 15 is 0 Å². The Morgan fingerprint density at radius 2 is 2.06 bits per heavy atom. The van der Waals surface area contributed by atoms with E-state index in [9.17, 15) is 5.26 Å². The number of rotatable bonds is 5. The van der Waals surface area contributed by atoms with E-state index in [1.807, 2.05) is 36.6 Å². The number of halogens is 1. The lowest BCUT2D eigenvalue weighted by molar-refractivity contribution is 0.793. The van der Waals surface area contributed by atoms with Crippen LogP contribution in [0.3, 0.4) is 0 Å². The van der Waals surface area contributed by atoms with E-state index in [-0.39, 0.29) is 0 Å². The maximum Gasteiger partial charge on any atom is 0.253 e. The van der Waals surface area contributed by atoms with Gasteiger partial charge in [0, 0.05) is 27.2 Å². The minimum absolute atomic E-state index is 0.304. The van der Waals surface area contributed by atoms with Gasteiger partial charge in [-0.3, -0.25) is 4.57 Å². The molecule has 0 unspecified atom stereocenters. The van der Waals surface area contributed by atoms with Gasteiger partial charge in [-0.25, -0.2) is 9.99 Å². The molecule has 0 bridgehead atoms. The summed E-state index contributed by atoms with van der Waals surface area (Å²) in [6.45, 7) is 12.6. The van der Waals surface area contributed by atoms with Gasteiger partial charge in [0.25, 0.3) is 5.95 Å². The van der Waals surface area contributed by atoms with E-state index in [2.05, 4.69) is 41.7 Å². The Balaban J connectivity index is 1.93. The van der Waals surface area contributed by atoms with Crippen LogP contribution in [0.25, 0.3) is 5.00 Å². The van der Waals surface area contributed by atoms with Gasteiger partial charge < -0.3 is 0 Å². The second-order valence-corrected chi connectivity index (χ2v) is 9.15. The van der Waals surface area contributed by atoms with Crippen LogP contribution in [-0.4, -0.2) is 25.5 Å². The zero-order valence-corrected chi connectivity index (χ0v) is 20.4. The summed E-state index contributed by atoms with van der Waals surface area (Å²) in [6.07, 6.45) is 7.08. The number of thiophene rings is 1. The number of hydrogen-bond donors (Lipinski definition) is 0. The lowest BCUT2D eigenvalue weighted by atomic mass is 10.0. The maximum absolute atomic E-state index is 9.52. The van der Waals surface area contributed by atoms with Crippen LogP contribution in [0, 0.1) is 32.1 Å². The van der Waals surface area contributed by atoms with Crippen LogP contribution in [0.4, 0.5) is 5.95 Å². The smallest absolute Gasteiger partial charge is 0.253 e. The molecule has 9 heteroatoms. The van der Waals surface area contributed by atoms with E-state index in [0.717, 1.165) is 33.2 Å². The minimum atomic E-state index is 0.304. The predicted molar refractivity (Wildman–Crippen MR) is 133 cm³/mol. The summed E-state index contributed by atoms with van der Waals surface area (Å²) < 4.78 is 2.01. The Morgan fingerprint density at radius 3 is 2.79 bits per heavy atom. The Morgan fingerprint density at radius 1 is 1.27 bits per heavy atom. The molecule has 4 heterocycles. The molecule has 0 N–H and O–H groups in total. The first kappa shape index (κ1) is 22.6. The number of anilines is 1. The van der Waals surface area contributed by atoms with Gasteiger partial charge in [0.2, 0.25) is 0 Å². The van der Waals surface area contributed by atoms with Crippen LogP contribution in [0.1, 0.15) is 40.0 Å². The summed E-state index contributed by atoms with van der Waals surface area (Å²) in [5.74, 6) is 1.32. The highest BCUT2D eigenvalue weighted by molar-refractivity contribution is 7.15. The monoisotopic (exact) mass is 475 g/mol. The highest BCUT2D eigenvalue weighted by atomic mass is 35.5. The standard InChI is InChI=1S/C24H22ClN7S/c1-6-19(25)10-9-14(2)22-21-15(3)16(4)33-23(21)32-17(5)28-29-24(32)31(30-22)13-18-8-7-11-27-20(18)12-26/h6-11H,2,13H2,1,3-5H3/b10-9-,19-6+. The lowest BCUT2D eigenvalue weighted by Crippen LogP contribution is -2.21. The molecule has 0 atom stereocenters. The number of pyridine rings is 1. The molecule has 1 aliphatic rings. The van der Waals surface area contributed by atoms with E-state index in [1.54, 1.807) is 34.7 Å². The molecule has 0 spiro atoms. The van der Waals surface area contributed by atoms with Crippen molar-refractivity contribution in [2.24, 2.45) is 5.10 Å². The first-order valence-corrected chi connectivity index (χ1v) is 11.5. The van der Waals surface area contributed by atoms with Gasteiger partial charge in [0.1, 0.15) is 28.3 Å². The van der Waals surface area contributed by atoms with Crippen molar-refractivity contribution < 1.29 is 0 Å². The summed E-state index contributed by atoms with van der Waals surface area (Å²) in [4.78, 5) is 5.37. The Kier molecular flexibility index (Phi) is 6.27. The van der Waals surface area contributed by atoms with Crippen LogP contribution in [-0.2, 0) is 6.54 Å².